The van der Waals surface area contributed by atoms with Crippen molar-refractivity contribution >= 4 is 33.0 Å². The van der Waals surface area contributed by atoms with Crippen molar-refractivity contribution in [2.24, 2.45) is 10.7 Å². The fourth-order valence-electron chi connectivity index (χ4n) is 2.72. The fraction of sp³-hybridized carbons (Fsp3) is 0.389. The van der Waals surface area contributed by atoms with Gasteiger partial charge in [0.2, 0.25) is 0 Å². The summed E-state index contributed by atoms with van der Waals surface area (Å²) in [6.45, 7) is 4.07. The van der Waals surface area contributed by atoms with Crippen molar-refractivity contribution in [2.45, 2.75) is 24.1 Å². The van der Waals surface area contributed by atoms with Crippen molar-refractivity contribution in [3.05, 3.63) is 46.8 Å². The molecule has 0 bridgehead atoms. The first kappa shape index (κ1) is 19.8. The van der Waals surface area contributed by atoms with Gasteiger partial charge in [-0.05, 0) is 36.2 Å². The zero-order valence-electron chi connectivity index (χ0n) is 15.2. The third kappa shape index (κ3) is 5.07. The zero-order valence-corrected chi connectivity index (χ0v) is 16.9. The Morgan fingerprint density at radius 2 is 2.07 bits per heavy atom. The summed E-state index contributed by atoms with van der Waals surface area (Å²) >= 11 is 1.23. The monoisotopic (exact) mass is 408 g/mol. The number of nitrogens with one attached hydrogen (secondary N) is 1. The van der Waals surface area contributed by atoms with Crippen LogP contribution in [0.2, 0.25) is 0 Å². The molecule has 0 saturated carbocycles. The van der Waals surface area contributed by atoms with E-state index in [0.717, 1.165) is 17.0 Å². The summed E-state index contributed by atoms with van der Waals surface area (Å²) in [7, 11) is -3.46. The lowest BCUT2D eigenvalue weighted by Gasteiger charge is -2.25. The van der Waals surface area contributed by atoms with Crippen LogP contribution < -0.4 is 11.1 Å². The molecule has 27 heavy (non-hydrogen) atoms. The Kier molecular flexibility index (Phi) is 6.48. The van der Waals surface area contributed by atoms with Gasteiger partial charge in [0.25, 0.3) is 10.0 Å². The number of hydrogen-bond donors (Lipinski definition) is 2. The molecular formula is C18H24N4O3S2. The normalized spacial score (nSPS) is 16.4. The highest BCUT2D eigenvalue weighted by atomic mass is 32.2. The lowest BCUT2D eigenvalue weighted by Crippen LogP contribution is -2.40. The number of thiophene rings is 1. The molecule has 0 radical (unpaired) electrons. The molecule has 0 amide bonds. The largest absolute Gasteiger partial charge is 0.379 e. The lowest BCUT2D eigenvalue weighted by molar-refractivity contribution is 0.0731. The highest BCUT2D eigenvalue weighted by Gasteiger charge is 2.27. The second-order valence-corrected chi connectivity index (χ2v) is 9.45. The van der Waals surface area contributed by atoms with Crippen molar-refractivity contribution < 1.29 is 13.2 Å². The molecule has 0 atom stereocenters. The molecule has 9 heteroatoms. The maximum Gasteiger partial charge on any atom is 0.252 e. The van der Waals surface area contributed by atoms with E-state index in [1.54, 1.807) is 12.1 Å². The third-order valence-corrected chi connectivity index (χ3v) is 7.65. The van der Waals surface area contributed by atoms with Crippen LogP contribution in [0.1, 0.15) is 17.4 Å². The zero-order chi connectivity index (χ0) is 19.3. The Hall–Kier alpha value is -1.94. The summed E-state index contributed by atoms with van der Waals surface area (Å²) in [5, 5.41) is 3.07. The molecule has 1 aromatic carbocycles. The van der Waals surface area contributed by atoms with Gasteiger partial charge in [-0.25, -0.2) is 13.4 Å². The van der Waals surface area contributed by atoms with Crippen molar-refractivity contribution in [2.75, 3.05) is 31.6 Å². The van der Waals surface area contributed by atoms with Gasteiger partial charge in [-0.3, -0.25) is 0 Å². The number of nitrogens with zero attached hydrogens (tertiary/aromatic N) is 2. The Bertz CT molecular complexity index is 903. The summed E-state index contributed by atoms with van der Waals surface area (Å²) in [4.78, 5) is 5.16. The number of hydrogen-bond acceptors (Lipinski definition) is 5. The summed E-state index contributed by atoms with van der Waals surface area (Å²) in [5.74, 6) is 0.300. The minimum atomic E-state index is -3.46. The molecule has 146 valence electrons. The number of sulfonamides is 1. The molecular weight excluding hydrogens is 384 g/mol. The topological polar surface area (TPSA) is 97.0 Å². The molecule has 1 aliphatic heterocycles. The smallest absolute Gasteiger partial charge is 0.252 e. The van der Waals surface area contributed by atoms with E-state index in [1.807, 2.05) is 18.2 Å². The van der Waals surface area contributed by atoms with Crippen LogP contribution in [0.15, 0.2) is 45.6 Å². The fourth-order valence-corrected chi connectivity index (χ4v) is 5.56. The first-order valence-corrected chi connectivity index (χ1v) is 11.1. The molecule has 0 spiro atoms. The maximum atomic E-state index is 12.6. The van der Waals surface area contributed by atoms with Crippen LogP contribution in [-0.2, 0) is 27.7 Å². The summed E-state index contributed by atoms with van der Waals surface area (Å²) in [5.41, 5.74) is 8.06. The Labute approximate surface area is 163 Å². The molecule has 1 aromatic heterocycles. The van der Waals surface area contributed by atoms with Crippen LogP contribution in [0, 0.1) is 0 Å². The maximum absolute atomic E-state index is 12.6. The molecule has 3 N–H and O–H groups in total. The molecule has 1 aliphatic rings. The molecule has 2 aromatic rings. The van der Waals surface area contributed by atoms with Crippen LogP contribution in [0.3, 0.4) is 0 Å². The molecule has 0 aliphatic carbocycles. The van der Waals surface area contributed by atoms with Gasteiger partial charge >= 0.3 is 0 Å². The second-order valence-electron chi connectivity index (χ2n) is 6.12. The quantitative estimate of drug-likeness (QED) is 0.564. The molecule has 3 rings (SSSR count). The number of anilines is 1. The molecule has 0 unspecified atom stereocenters. The average Bonchev–Trinajstić information content (AvgIpc) is 3.17. The molecule has 7 nitrogen and oxygen atoms in total. The van der Waals surface area contributed by atoms with Gasteiger partial charge in [0.15, 0.2) is 5.96 Å². The Balaban J connectivity index is 1.63. The van der Waals surface area contributed by atoms with Crippen LogP contribution in [-0.4, -0.2) is 45.0 Å². The molecule has 2 heterocycles. The molecule has 1 saturated heterocycles. The minimum absolute atomic E-state index is 0.300. The number of guanidine groups is 1. The average molecular weight is 409 g/mol. The van der Waals surface area contributed by atoms with Gasteiger partial charge in [-0.2, -0.15) is 4.31 Å². The summed E-state index contributed by atoms with van der Waals surface area (Å²) in [6, 6.07) is 11.4. The highest BCUT2D eigenvalue weighted by molar-refractivity contribution is 7.91. The van der Waals surface area contributed by atoms with E-state index in [4.69, 9.17) is 10.5 Å². The molecule has 1 fully saturated rings. The van der Waals surface area contributed by atoms with Crippen molar-refractivity contribution in [1.29, 1.82) is 0 Å². The van der Waals surface area contributed by atoms with Crippen molar-refractivity contribution in [1.82, 2.24) is 4.31 Å². The lowest BCUT2D eigenvalue weighted by atomic mass is 10.1. The van der Waals surface area contributed by atoms with E-state index < -0.39 is 10.0 Å². The van der Waals surface area contributed by atoms with Gasteiger partial charge in [-0.1, -0.05) is 19.1 Å². The van der Waals surface area contributed by atoms with Crippen molar-refractivity contribution in [3.8, 4) is 0 Å². The highest BCUT2D eigenvalue weighted by Crippen LogP contribution is 2.26. The number of rotatable bonds is 6. The van der Waals surface area contributed by atoms with Crippen molar-refractivity contribution in [3.63, 3.8) is 0 Å². The van der Waals surface area contributed by atoms with E-state index in [0.29, 0.717) is 43.0 Å². The van der Waals surface area contributed by atoms with Crippen LogP contribution in [0.4, 0.5) is 5.69 Å². The number of aryl methyl sites for hydroxylation is 1. The minimum Gasteiger partial charge on any atom is -0.379 e. The number of morpholine rings is 1. The van der Waals surface area contributed by atoms with Gasteiger partial charge in [0, 0.05) is 23.7 Å². The first-order chi connectivity index (χ1) is 13.0. The number of nitrogens with two attached hydrogens (primary N) is 1. The van der Waals surface area contributed by atoms with E-state index in [1.165, 1.54) is 21.2 Å². The van der Waals surface area contributed by atoms with E-state index in [2.05, 4.69) is 23.3 Å². The Morgan fingerprint density at radius 3 is 2.81 bits per heavy atom. The number of aliphatic imine (C=N–C) groups is 1. The predicted octanol–water partition coefficient (Wildman–Crippen LogP) is 2.26. The number of ether oxygens (including phenoxy) is 1. The Morgan fingerprint density at radius 1 is 1.30 bits per heavy atom. The van der Waals surface area contributed by atoms with E-state index in [-0.39, 0.29) is 0 Å². The standard InChI is InChI=1S/C18H24N4O3S2/c1-2-14-4-3-5-15(12-14)21-18(19)20-13-16-6-7-17(26-16)27(23,24)22-8-10-25-11-9-22/h3-7,12H,2,8-11,13H2,1H3,(H3,19,20,21). The van der Waals surface area contributed by atoms with Gasteiger partial charge in [0.05, 0.1) is 19.8 Å². The van der Waals surface area contributed by atoms with Gasteiger partial charge in [-0.15, -0.1) is 11.3 Å². The summed E-state index contributed by atoms with van der Waals surface area (Å²) in [6.07, 6.45) is 0.947. The number of benzene rings is 1. The van der Waals surface area contributed by atoms with Crippen LogP contribution >= 0.6 is 11.3 Å². The SMILES string of the molecule is CCc1cccc(NC(N)=NCc2ccc(S(=O)(=O)N3CCOCC3)s2)c1. The van der Waals surface area contributed by atoms with E-state index in [9.17, 15) is 8.42 Å². The third-order valence-electron chi connectivity index (χ3n) is 4.21. The van der Waals surface area contributed by atoms with Crippen LogP contribution in [0.25, 0.3) is 0 Å². The second kappa shape index (κ2) is 8.83. The first-order valence-electron chi connectivity index (χ1n) is 8.81. The van der Waals surface area contributed by atoms with Gasteiger partial charge in [0.1, 0.15) is 4.21 Å². The van der Waals surface area contributed by atoms with E-state index >= 15 is 0 Å². The summed E-state index contributed by atoms with van der Waals surface area (Å²) < 4.78 is 32.3. The van der Waals surface area contributed by atoms with Gasteiger partial charge < -0.3 is 15.8 Å². The predicted molar refractivity (Wildman–Crippen MR) is 109 cm³/mol. The van der Waals surface area contributed by atoms with Crippen LogP contribution in [0.5, 0.6) is 0 Å².